The fraction of sp³-hybridized carbons (Fsp3) is 0.0909. The largest absolute Gasteiger partial charge is 0.372 e. The molecule has 1 amide bonds. The number of hydrogen-bond donors (Lipinski definition) is 2. The van der Waals surface area contributed by atoms with E-state index >= 15 is 0 Å². The third-order valence-electron chi connectivity index (χ3n) is 1.32. The highest BCUT2D eigenvalue weighted by Crippen LogP contribution is 1.86. The van der Waals surface area contributed by atoms with Crippen molar-refractivity contribution in [3.8, 4) is 0 Å². The van der Waals surface area contributed by atoms with Crippen LogP contribution in [0.15, 0.2) is 48.9 Å². The van der Waals surface area contributed by atoms with Gasteiger partial charge in [0.05, 0.1) is 0 Å². The molecular formula is C11H15N3O. The van der Waals surface area contributed by atoms with Crippen LogP contribution in [0.25, 0.3) is 0 Å². The Hall–Kier alpha value is -2.10. The molecule has 0 atom stereocenters. The molecule has 4 nitrogen and oxygen atoms in total. The second-order valence-electron chi connectivity index (χ2n) is 2.51. The highest BCUT2D eigenvalue weighted by molar-refractivity contribution is 5.42. The molecule has 0 spiro atoms. The van der Waals surface area contributed by atoms with Crippen LogP contribution in [0.1, 0.15) is 5.69 Å². The van der Waals surface area contributed by atoms with Gasteiger partial charge in [0.1, 0.15) is 0 Å². The molecule has 4 heteroatoms. The number of H-pyrrole nitrogens is 1. The Balaban J connectivity index is 0.000000210. The number of aryl methyl sites for hydroxylation is 1. The molecule has 0 aliphatic rings. The van der Waals surface area contributed by atoms with Crippen molar-refractivity contribution >= 4 is 6.41 Å². The van der Waals surface area contributed by atoms with Crippen molar-refractivity contribution in [2.75, 3.05) is 0 Å². The molecule has 0 bridgehead atoms. The Kier molecular flexibility index (Phi) is 8.59. The molecule has 2 heterocycles. The molecule has 0 fully saturated rings. The van der Waals surface area contributed by atoms with Gasteiger partial charge < -0.3 is 10.7 Å². The first kappa shape index (κ1) is 12.9. The molecule has 0 aliphatic carbocycles. The fourth-order valence-electron chi connectivity index (χ4n) is 0.733. The van der Waals surface area contributed by atoms with Gasteiger partial charge in [-0.15, -0.1) is 0 Å². The van der Waals surface area contributed by atoms with Gasteiger partial charge in [0.25, 0.3) is 0 Å². The molecule has 80 valence electrons. The summed E-state index contributed by atoms with van der Waals surface area (Å²) in [6.07, 6.45) is 5.66. The Morgan fingerprint density at radius 2 is 1.87 bits per heavy atom. The average Bonchev–Trinajstić information content (AvgIpc) is 2.74. The quantitative estimate of drug-likeness (QED) is 0.640. The third-order valence-corrected chi connectivity index (χ3v) is 1.32. The van der Waals surface area contributed by atoms with E-state index in [-0.39, 0.29) is 6.41 Å². The van der Waals surface area contributed by atoms with Crippen LogP contribution in [0.5, 0.6) is 0 Å². The van der Waals surface area contributed by atoms with Gasteiger partial charge in [-0.25, -0.2) is 0 Å². The Bertz CT molecular complexity index is 292. The first-order valence-corrected chi connectivity index (χ1v) is 4.41. The Labute approximate surface area is 89.2 Å². The standard InChI is InChI=1S/C5H7N.C5H5N.CH3NO/c1-5-3-2-4-6-5;1-2-4-6-5-3-1;2-1-3/h2-4,6H,1H3;1-5H;1H,(H2,2,3). The van der Waals surface area contributed by atoms with Gasteiger partial charge in [-0.1, -0.05) is 6.07 Å². The van der Waals surface area contributed by atoms with Crippen molar-refractivity contribution in [1.29, 1.82) is 0 Å². The fourth-order valence-corrected chi connectivity index (χ4v) is 0.733. The molecule has 0 saturated carbocycles. The van der Waals surface area contributed by atoms with Crippen molar-refractivity contribution in [3.05, 3.63) is 54.6 Å². The first-order valence-electron chi connectivity index (χ1n) is 4.41. The van der Waals surface area contributed by atoms with E-state index in [9.17, 15) is 0 Å². The van der Waals surface area contributed by atoms with Gasteiger partial charge in [-0.05, 0) is 31.2 Å². The summed E-state index contributed by atoms with van der Waals surface area (Å²) < 4.78 is 0. The smallest absolute Gasteiger partial charge is 0.204 e. The zero-order valence-electron chi connectivity index (χ0n) is 8.63. The third kappa shape index (κ3) is 9.82. The van der Waals surface area contributed by atoms with Crippen molar-refractivity contribution < 1.29 is 4.79 Å². The number of primary amides is 1. The summed E-state index contributed by atoms with van der Waals surface area (Å²) >= 11 is 0. The van der Waals surface area contributed by atoms with Crippen LogP contribution < -0.4 is 5.73 Å². The van der Waals surface area contributed by atoms with E-state index < -0.39 is 0 Å². The number of nitrogens with one attached hydrogen (secondary N) is 1. The van der Waals surface area contributed by atoms with Gasteiger partial charge in [-0.3, -0.25) is 9.78 Å². The lowest BCUT2D eigenvalue weighted by Gasteiger charge is -1.70. The molecule has 2 aromatic rings. The van der Waals surface area contributed by atoms with Crippen molar-refractivity contribution in [2.24, 2.45) is 5.73 Å². The van der Waals surface area contributed by atoms with Crippen LogP contribution in [-0.4, -0.2) is 16.4 Å². The minimum atomic E-state index is 0.250. The molecule has 15 heavy (non-hydrogen) atoms. The van der Waals surface area contributed by atoms with Crippen LogP contribution in [0.3, 0.4) is 0 Å². The number of nitrogens with two attached hydrogens (primary N) is 1. The monoisotopic (exact) mass is 205 g/mol. The summed E-state index contributed by atoms with van der Waals surface area (Å²) in [6, 6.07) is 9.72. The minimum Gasteiger partial charge on any atom is -0.372 e. The summed E-state index contributed by atoms with van der Waals surface area (Å²) in [5.74, 6) is 0. The number of amides is 1. The topological polar surface area (TPSA) is 71.8 Å². The van der Waals surface area contributed by atoms with Crippen molar-refractivity contribution in [3.63, 3.8) is 0 Å². The van der Waals surface area contributed by atoms with Crippen molar-refractivity contribution in [1.82, 2.24) is 9.97 Å². The van der Waals surface area contributed by atoms with E-state index in [0.717, 1.165) is 0 Å². The second-order valence-corrected chi connectivity index (χ2v) is 2.51. The molecule has 2 rings (SSSR count). The minimum absolute atomic E-state index is 0.250. The molecule has 0 unspecified atom stereocenters. The number of carbonyl (C=O) groups is 1. The van der Waals surface area contributed by atoms with Gasteiger partial charge >= 0.3 is 0 Å². The van der Waals surface area contributed by atoms with E-state index in [0.29, 0.717) is 0 Å². The lowest BCUT2D eigenvalue weighted by atomic mass is 10.5. The van der Waals surface area contributed by atoms with E-state index in [1.807, 2.05) is 43.5 Å². The molecule has 0 aliphatic heterocycles. The molecular weight excluding hydrogens is 190 g/mol. The van der Waals surface area contributed by atoms with Crippen LogP contribution >= 0.6 is 0 Å². The van der Waals surface area contributed by atoms with Crippen LogP contribution in [0.4, 0.5) is 0 Å². The second kappa shape index (κ2) is 9.98. The first-order chi connectivity index (χ1) is 7.31. The van der Waals surface area contributed by atoms with Crippen molar-refractivity contribution in [2.45, 2.75) is 6.92 Å². The van der Waals surface area contributed by atoms with E-state index in [1.54, 1.807) is 12.4 Å². The normalized spacial score (nSPS) is 7.53. The lowest BCUT2D eigenvalue weighted by molar-refractivity contribution is -0.106. The maximum Gasteiger partial charge on any atom is 0.204 e. The predicted octanol–water partition coefficient (Wildman–Crippen LogP) is 1.51. The zero-order valence-corrected chi connectivity index (χ0v) is 8.63. The zero-order chi connectivity index (χ0) is 11.4. The summed E-state index contributed by atoms with van der Waals surface area (Å²) in [7, 11) is 0. The maximum atomic E-state index is 8.58. The van der Waals surface area contributed by atoms with Gasteiger partial charge in [0.15, 0.2) is 0 Å². The predicted molar refractivity (Wildman–Crippen MR) is 60.0 cm³/mol. The Morgan fingerprint density at radius 3 is 2.00 bits per heavy atom. The number of hydrogen-bond acceptors (Lipinski definition) is 2. The number of aromatic nitrogens is 2. The Morgan fingerprint density at radius 1 is 1.27 bits per heavy atom. The van der Waals surface area contributed by atoms with Crippen LogP contribution in [0.2, 0.25) is 0 Å². The maximum absolute atomic E-state index is 8.58. The highest BCUT2D eigenvalue weighted by atomic mass is 16.1. The summed E-state index contributed by atoms with van der Waals surface area (Å²) in [4.78, 5) is 15.4. The van der Waals surface area contributed by atoms with E-state index in [2.05, 4.69) is 15.7 Å². The van der Waals surface area contributed by atoms with Crippen LogP contribution in [-0.2, 0) is 4.79 Å². The van der Waals surface area contributed by atoms with Gasteiger partial charge in [0, 0.05) is 24.3 Å². The number of pyridine rings is 1. The number of aromatic amines is 1. The number of carbonyl (C=O) groups excluding carboxylic acids is 1. The molecule has 3 N–H and O–H groups in total. The van der Waals surface area contributed by atoms with Crippen LogP contribution in [0, 0.1) is 6.92 Å². The van der Waals surface area contributed by atoms with Gasteiger partial charge in [0.2, 0.25) is 6.41 Å². The van der Waals surface area contributed by atoms with Gasteiger partial charge in [-0.2, -0.15) is 0 Å². The highest BCUT2D eigenvalue weighted by Gasteiger charge is 1.72. The van der Waals surface area contributed by atoms with E-state index in [1.165, 1.54) is 5.69 Å². The summed E-state index contributed by atoms with van der Waals surface area (Å²) in [5.41, 5.74) is 5.38. The molecule has 0 radical (unpaired) electrons. The molecule has 0 aromatic carbocycles. The number of nitrogens with zero attached hydrogens (tertiary/aromatic N) is 1. The summed E-state index contributed by atoms with van der Waals surface area (Å²) in [5, 5.41) is 0. The summed E-state index contributed by atoms with van der Waals surface area (Å²) in [6.45, 7) is 2.03. The number of rotatable bonds is 0. The lowest BCUT2D eigenvalue weighted by Crippen LogP contribution is -1.82. The average molecular weight is 205 g/mol. The van der Waals surface area contributed by atoms with E-state index in [4.69, 9.17) is 4.79 Å². The SMILES string of the molecule is Cc1ccc[nH]1.NC=O.c1ccncc1. The molecule has 0 saturated heterocycles. The molecule has 2 aromatic heterocycles.